The Kier molecular flexibility index (Phi) is 6.21. The summed E-state index contributed by atoms with van der Waals surface area (Å²) in [5, 5.41) is 4.21. The number of nitrogens with one attached hydrogen (secondary N) is 2. The molecule has 146 valence electrons. The summed E-state index contributed by atoms with van der Waals surface area (Å²) in [6, 6.07) is 12.8. The number of methoxy groups -OCH3 is 1. The molecule has 0 bridgehead atoms. The molecule has 2 aromatic carbocycles. The third kappa shape index (κ3) is 4.64. The van der Waals surface area contributed by atoms with Crippen LogP contribution in [0.4, 0.5) is 5.69 Å². The van der Waals surface area contributed by atoms with Crippen LogP contribution in [0.3, 0.4) is 0 Å². The first-order valence-electron chi connectivity index (χ1n) is 8.87. The number of carbonyl (C=O) groups excluding carboxylic acids is 2. The van der Waals surface area contributed by atoms with E-state index in [1.54, 1.807) is 18.2 Å². The predicted octanol–water partition coefficient (Wildman–Crippen LogP) is 4.33. The number of aromatic amines is 1. The maximum Gasteiger partial charge on any atom is 0.306 e. The molecule has 6 nitrogen and oxygen atoms in total. The number of aryl methyl sites for hydroxylation is 1. The Labute approximate surface area is 167 Å². The molecule has 28 heavy (non-hydrogen) atoms. The average molecular weight is 401 g/mol. The largest absolute Gasteiger partial charge is 0.495 e. The van der Waals surface area contributed by atoms with Crippen molar-refractivity contribution in [2.75, 3.05) is 12.4 Å². The van der Waals surface area contributed by atoms with Gasteiger partial charge < -0.3 is 19.8 Å². The second-order valence-corrected chi connectivity index (χ2v) is 6.76. The first-order valence-corrected chi connectivity index (χ1v) is 9.24. The highest BCUT2D eigenvalue weighted by Crippen LogP contribution is 2.28. The number of aromatic nitrogens is 1. The molecule has 7 heteroatoms. The van der Waals surface area contributed by atoms with Crippen LogP contribution < -0.4 is 10.1 Å². The maximum absolute atomic E-state index is 12.3. The van der Waals surface area contributed by atoms with Gasteiger partial charge in [0.2, 0.25) is 0 Å². The van der Waals surface area contributed by atoms with Crippen molar-refractivity contribution < 1.29 is 19.1 Å². The van der Waals surface area contributed by atoms with Gasteiger partial charge in [-0.1, -0.05) is 29.8 Å². The summed E-state index contributed by atoms with van der Waals surface area (Å²) < 4.78 is 10.5. The van der Waals surface area contributed by atoms with Gasteiger partial charge in [0.25, 0.3) is 5.91 Å². The zero-order chi connectivity index (χ0) is 20.1. The Morgan fingerprint density at radius 2 is 2.00 bits per heavy atom. The first kappa shape index (κ1) is 19.8. The Morgan fingerprint density at radius 1 is 1.21 bits per heavy atom. The number of anilines is 1. The van der Waals surface area contributed by atoms with Gasteiger partial charge in [0.05, 0.1) is 12.8 Å². The molecule has 2 N–H and O–H groups in total. The Balaban J connectivity index is 1.55. The third-order valence-electron chi connectivity index (χ3n) is 4.37. The molecule has 0 spiro atoms. The molecule has 1 amide bonds. The predicted molar refractivity (Wildman–Crippen MR) is 109 cm³/mol. The summed E-state index contributed by atoms with van der Waals surface area (Å²) >= 11 is 5.96. The van der Waals surface area contributed by atoms with Crippen molar-refractivity contribution >= 4 is 40.1 Å². The van der Waals surface area contributed by atoms with Crippen molar-refractivity contribution in [3.63, 3.8) is 0 Å². The molecule has 0 saturated heterocycles. The topological polar surface area (TPSA) is 80.4 Å². The maximum atomic E-state index is 12.3. The number of benzene rings is 2. The van der Waals surface area contributed by atoms with Crippen LogP contribution in [-0.2, 0) is 20.7 Å². The molecule has 1 atom stereocenters. The van der Waals surface area contributed by atoms with E-state index in [9.17, 15) is 9.59 Å². The first-order chi connectivity index (χ1) is 13.5. The van der Waals surface area contributed by atoms with E-state index in [2.05, 4.69) is 10.3 Å². The van der Waals surface area contributed by atoms with Gasteiger partial charge in [0, 0.05) is 28.5 Å². The minimum absolute atomic E-state index is 0.181. The fraction of sp³-hybridized carbons (Fsp3) is 0.238. The monoisotopic (exact) mass is 400 g/mol. The van der Waals surface area contributed by atoms with Crippen LogP contribution in [0, 0.1) is 0 Å². The Morgan fingerprint density at radius 3 is 2.79 bits per heavy atom. The molecule has 1 aromatic heterocycles. The zero-order valence-electron chi connectivity index (χ0n) is 15.6. The second-order valence-electron chi connectivity index (χ2n) is 6.33. The van der Waals surface area contributed by atoms with Crippen molar-refractivity contribution in [1.82, 2.24) is 4.98 Å². The molecule has 1 heterocycles. The van der Waals surface area contributed by atoms with Gasteiger partial charge in [0.15, 0.2) is 6.10 Å². The van der Waals surface area contributed by atoms with E-state index in [1.807, 2.05) is 30.5 Å². The van der Waals surface area contributed by atoms with Crippen LogP contribution in [0.2, 0.25) is 5.02 Å². The van der Waals surface area contributed by atoms with E-state index in [4.69, 9.17) is 21.1 Å². The molecule has 0 aliphatic carbocycles. The van der Waals surface area contributed by atoms with Crippen LogP contribution in [0.25, 0.3) is 10.9 Å². The van der Waals surface area contributed by atoms with E-state index in [-0.39, 0.29) is 6.42 Å². The summed E-state index contributed by atoms with van der Waals surface area (Å²) in [5.74, 6) is -0.428. The highest BCUT2D eigenvalue weighted by Gasteiger charge is 2.19. The van der Waals surface area contributed by atoms with E-state index in [0.717, 1.165) is 16.5 Å². The van der Waals surface area contributed by atoms with Gasteiger partial charge in [-0.25, -0.2) is 0 Å². The summed E-state index contributed by atoms with van der Waals surface area (Å²) in [5.41, 5.74) is 2.48. The lowest BCUT2D eigenvalue weighted by molar-refractivity contribution is -0.153. The van der Waals surface area contributed by atoms with E-state index in [0.29, 0.717) is 22.9 Å². The van der Waals surface area contributed by atoms with E-state index < -0.39 is 18.0 Å². The fourth-order valence-corrected chi connectivity index (χ4v) is 3.07. The highest BCUT2D eigenvalue weighted by atomic mass is 35.5. The van der Waals surface area contributed by atoms with Crippen molar-refractivity contribution in [2.45, 2.75) is 25.9 Å². The number of hydrogen-bond acceptors (Lipinski definition) is 4. The molecule has 0 radical (unpaired) electrons. The molecule has 0 unspecified atom stereocenters. The second kappa shape index (κ2) is 8.80. The van der Waals surface area contributed by atoms with Gasteiger partial charge in [-0.2, -0.15) is 0 Å². The normalized spacial score (nSPS) is 11.8. The third-order valence-corrected chi connectivity index (χ3v) is 4.61. The van der Waals surface area contributed by atoms with E-state index in [1.165, 1.54) is 14.0 Å². The minimum atomic E-state index is -0.945. The average Bonchev–Trinajstić information content (AvgIpc) is 3.09. The van der Waals surface area contributed by atoms with Crippen molar-refractivity contribution in [1.29, 1.82) is 0 Å². The standard InChI is InChI=1S/C21H21ClN2O4/c1-13(21(26)24-18-11-15(22)8-9-19(18)27-2)28-20(25)10-7-14-12-23-17-6-4-3-5-16(14)17/h3-6,8-9,11-13,23H,7,10H2,1-2H3,(H,24,26)/t13-/m0/s1. The minimum Gasteiger partial charge on any atom is -0.495 e. The van der Waals surface area contributed by atoms with Crippen LogP contribution in [0.15, 0.2) is 48.7 Å². The van der Waals surface area contributed by atoms with Crippen LogP contribution >= 0.6 is 11.6 Å². The molecular formula is C21H21ClN2O4. The lowest BCUT2D eigenvalue weighted by atomic mass is 10.1. The number of esters is 1. The lowest BCUT2D eigenvalue weighted by Crippen LogP contribution is -2.30. The summed E-state index contributed by atoms with van der Waals surface area (Å²) in [4.78, 5) is 27.7. The molecule has 3 aromatic rings. The number of hydrogen-bond donors (Lipinski definition) is 2. The lowest BCUT2D eigenvalue weighted by Gasteiger charge is -2.15. The summed E-state index contributed by atoms with van der Waals surface area (Å²) in [6.45, 7) is 1.52. The summed E-state index contributed by atoms with van der Waals surface area (Å²) in [6.07, 6.45) is 1.65. The van der Waals surface area contributed by atoms with Gasteiger partial charge in [-0.3, -0.25) is 9.59 Å². The SMILES string of the molecule is COc1ccc(Cl)cc1NC(=O)[C@H](C)OC(=O)CCc1c[nH]c2ccccc12. The van der Waals surface area contributed by atoms with Crippen LogP contribution in [-0.4, -0.2) is 30.1 Å². The number of para-hydroxylation sites is 1. The molecule has 3 rings (SSSR count). The number of rotatable bonds is 7. The van der Waals surface area contributed by atoms with Gasteiger partial charge in [0.1, 0.15) is 5.75 Å². The quantitative estimate of drug-likeness (QED) is 0.578. The molecule has 0 saturated carbocycles. The Hall–Kier alpha value is -2.99. The van der Waals surface area contributed by atoms with Gasteiger partial charge >= 0.3 is 5.97 Å². The van der Waals surface area contributed by atoms with Crippen LogP contribution in [0.1, 0.15) is 18.9 Å². The molecule has 0 fully saturated rings. The number of carbonyl (C=O) groups is 2. The fourth-order valence-electron chi connectivity index (χ4n) is 2.90. The van der Waals surface area contributed by atoms with E-state index >= 15 is 0 Å². The van der Waals surface area contributed by atoms with Crippen molar-refractivity contribution in [3.8, 4) is 5.75 Å². The number of ether oxygens (including phenoxy) is 2. The van der Waals surface area contributed by atoms with Gasteiger partial charge in [-0.05, 0) is 43.2 Å². The highest BCUT2D eigenvalue weighted by molar-refractivity contribution is 6.31. The molecule has 0 aliphatic rings. The van der Waals surface area contributed by atoms with Crippen molar-refractivity contribution in [3.05, 3.63) is 59.2 Å². The molecular weight excluding hydrogens is 380 g/mol. The Bertz CT molecular complexity index is 999. The van der Waals surface area contributed by atoms with Crippen LogP contribution in [0.5, 0.6) is 5.75 Å². The number of H-pyrrole nitrogens is 1. The number of amides is 1. The molecule has 0 aliphatic heterocycles. The zero-order valence-corrected chi connectivity index (χ0v) is 16.4. The van der Waals surface area contributed by atoms with Crippen molar-refractivity contribution in [2.24, 2.45) is 0 Å². The smallest absolute Gasteiger partial charge is 0.306 e. The number of fused-ring (bicyclic) bond motifs is 1. The summed E-state index contributed by atoms with van der Waals surface area (Å²) in [7, 11) is 1.49. The van der Waals surface area contributed by atoms with Gasteiger partial charge in [-0.15, -0.1) is 0 Å². The number of halogens is 1.